The number of terminal acetylenes is 1. The van der Waals surface area contributed by atoms with E-state index in [4.69, 9.17) is 11.5 Å². The molecule has 0 aromatic carbocycles. The van der Waals surface area contributed by atoms with Gasteiger partial charge in [0, 0.05) is 38.6 Å². The molecule has 1 fully saturated rings. The molecular formula is C13H21N3O3. The fourth-order valence-electron chi connectivity index (χ4n) is 2.05. The molecule has 6 nitrogen and oxygen atoms in total. The van der Waals surface area contributed by atoms with Crippen LogP contribution in [0.25, 0.3) is 0 Å². The Labute approximate surface area is 113 Å². The molecule has 1 unspecified atom stereocenters. The van der Waals surface area contributed by atoms with Gasteiger partial charge in [-0.3, -0.25) is 9.69 Å². The van der Waals surface area contributed by atoms with Gasteiger partial charge in [0.05, 0.1) is 6.54 Å². The monoisotopic (exact) mass is 267 g/mol. The topological polar surface area (TPSA) is 72.9 Å². The van der Waals surface area contributed by atoms with Crippen LogP contribution in [0.1, 0.15) is 19.8 Å². The lowest BCUT2D eigenvalue weighted by Crippen LogP contribution is -2.45. The molecule has 0 aliphatic carbocycles. The van der Waals surface area contributed by atoms with E-state index >= 15 is 0 Å². The third kappa shape index (κ3) is 5.62. The standard InChI is InChI=1S/C13H21N3O3/c1-3-5-11(2)14-13(19)16-7-4-6-15(8-9-16)10-12(17)18/h1,11H,4-10H2,2H3,(H,14,19)(H,17,18). The predicted molar refractivity (Wildman–Crippen MR) is 71.7 cm³/mol. The van der Waals surface area contributed by atoms with E-state index in [1.165, 1.54) is 0 Å². The van der Waals surface area contributed by atoms with E-state index in [2.05, 4.69) is 11.2 Å². The number of nitrogens with zero attached hydrogens (tertiary/aromatic N) is 2. The van der Waals surface area contributed by atoms with Gasteiger partial charge in [0.25, 0.3) is 0 Å². The van der Waals surface area contributed by atoms with Crippen LogP contribution in [0.5, 0.6) is 0 Å². The molecule has 0 bridgehead atoms. The van der Waals surface area contributed by atoms with Gasteiger partial charge in [0.1, 0.15) is 0 Å². The van der Waals surface area contributed by atoms with Crippen LogP contribution in [-0.4, -0.2) is 65.7 Å². The molecule has 0 saturated carbocycles. The molecule has 0 aromatic rings. The highest BCUT2D eigenvalue weighted by Gasteiger charge is 2.20. The Hall–Kier alpha value is -1.74. The highest BCUT2D eigenvalue weighted by molar-refractivity contribution is 5.74. The number of carbonyl (C=O) groups is 2. The second kappa shape index (κ2) is 7.64. The molecule has 106 valence electrons. The summed E-state index contributed by atoms with van der Waals surface area (Å²) in [5.41, 5.74) is 0. The first-order chi connectivity index (χ1) is 9.02. The number of urea groups is 1. The maximum atomic E-state index is 12.0. The molecule has 1 atom stereocenters. The quantitative estimate of drug-likeness (QED) is 0.714. The number of amides is 2. The number of hydrogen-bond acceptors (Lipinski definition) is 3. The lowest BCUT2D eigenvalue weighted by Gasteiger charge is -2.23. The van der Waals surface area contributed by atoms with E-state index in [0.717, 1.165) is 6.42 Å². The first-order valence-corrected chi connectivity index (χ1v) is 6.46. The van der Waals surface area contributed by atoms with Gasteiger partial charge < -0.3 is 15.3 Å². The molecule has 1 aliphatic heterocycles. The number of rotatable bonds is 4. The highest BCUT2D eigenvalue weighted by Crippen LogP contribution is 2.04. The fraction of sp³-hybridized carbons (Fsp3) is 0.692. The summed E-state index contributed by atoms with van der Waals surface area (Å²) in [5.74, 6) is 1.68. The van der Waals surface area contributed by atoms with Crippen molar-refractivity contribution in [3.05, 3.63) is 0 Å². The second-order valence-corrected chi connectivity index (χ2v) is 4.77. The van der Waals surface area contributed by atoms with Crippen LogP contribution < -0.4 is 5.32 Å². The van der Waals surface area contributed by atoms with Crippen molar-refractivity contribution in [1.29, 1.82) is 0 Å². The Bertz CT molecular complexity index is 365. The molecule has 6 heteroatoms. The summed E-state index contributed by atoms with van der Waals surface area (Å²) in [6.07, 6.45) is 6.48. The third-order valence-electron chi connectivity index (χ3n) is 3.03. The molecule has 0 radical (unpaired) electrons. The maximum Gasteiger partial charge on any atom is 0.317 e. The molecular weight excluding hydrogens is 246 g/mol. The van der Waals surface area contributed by atoms with Crippen LogP contribution in [0.2, 0.25) is 0 Å². The zero-order valence-corrected chi connectivity index (χ0v) is 11.3. The van der Waals surface area contributed by atoms with Crippen molar-refractivity contribution in [3.63, 3.8) is 0 Å². The minimum absolute atomic E-state index is 0.0307. The Morgan fingerprint density at radius 1 is 1.37 bits per heavy atom. The van der Waals surface area contributed by atoms with Crippen LogP contribution in [-0.2, 0) is 4.79 Å². The van der Waals surface area contributed by atoms with E-state index in [1.54, 1.807) is 4.90 Å². The fourth-order valence-corrected chi connectivity index (χ4v) is 2.05. The van der Waals surface area contributed by atoms with Gasteiger partial charge in [-0.05, 0) is 13.3 Å². The Morgan fingerprint density at radius 2 is 2.11 bits per heavy atom. The number of carboxylic acids is 1. The molecule has 2 N–H and O–H groups in total. The van der Waals surface area contributed by atoms with Gasteiger partial charge in [0.2, 0.25) is 0 Å². The Balaban J connectivity index is 2.41. The van der Waals surface area contributed by atoms with E-state index in [9.17, 15) is 9.59 Å². The van der Waals surface area contributed by atoms with Crippen molar-refractivity contribution < 1.29 is 14.7 Å². The number of nitrogens with one attached hydrogen (secondary N) is 1. The van der Waals surface area contributed by atoms with Crippen molar-refractivity contribution in [1.82, 2.24) is 15.1 Å². The van der Waals surface area contributed by atoms with Crippen LogP contribution in [0, 0.1) is 12.3 Å². The zero-order chi connectivity index (χ0) is 14.3. The van der Waals surface area contributed by atoms with Crippen LogP contribution in [0.3, 0.4) is 0 Å². The summed E-state index contributed by atoms with van der Waals surface area (Å²) in [5, 5.41) is 11.6. The van der Waals surface area contributed by atoms with Crippen LogP contribution >= 0.6 is 0 Å². The molecule has 1 aliphatic rings. The van der Waals surface area contributed by atoms with E-state index in [1.807, 2.05) is 11.8 Å². The lowest BCUT2D eigenvalue weighted by molar-refractivity contribution is -0.138. The van der Waals surface area contributed by atoms with Gasteiger partial charge in [-0.1, -0.05) is 0 Å². The van der Waals surface area contributed by atoms with Crippen molar-refractivity contribution in [3.8, 4) is 12.3 Å². The Kier molecular flexibility index (Phi) is 6.16. The minimum Gasteiger partial charge on any atom is -0.480 e. The number of carboxylic acid groups (broad SMARTS) is 1. The highest BCUT2D eigenvalue weighted by atomic mass is 16.4. The lowest BCUT2D eigenvalue weighted by atomic mass is 10.2. The summed E-state index contributed by atoms with van der Waals surface area (Å²) < 4.78 is 0. The predicted octanol–water partition coefficient (Wildman–Crippen LogP) is 0.200. The summed E-state index contributed by atoms with van der Waals surface area (Å²) in [6, 6.07) is -0.171. The first-order valence-electron chi connectivity index (χ1n) is 6.46. The SMILES string of the molecule is C#CCC(C)NC(=O)N1CCCN(CC(=O)O)CC1. The molecule has 2 amide bonds. The maximum absolute atomic E-state index is 12.0. The first kappa shape index (κ1) is 15.3. The average Bonchev–Trinajstić information content (AvgIpc) is 2.54. The van der Waals surface area contributed by atoms with E-state index < -0.39 is 5.97 Å². The smallest absolute Gasteiger partial charge is 0.317 e. The summed E-state index contributed by atoms with van der Waals surface area (Å²) >= 11 is 0. The van der Waals surface area contributed by atoms with Gasteiger partial charge in [-0.15, -0.1) is 12.3 Å². The zero-order valence-electron chi connectivity index (χ0n) is 11.3. The minimum atomic E-state index is -0.833. The Morgan fingerprint density at radius 3 is 2.74 bits per heavy atom. The molecule has 0 aromatic heterocycles. The van der Waals surface area contributed by atoms with Gasteiger partial charge in [-0.25, -0.2) is 4.79 Å². The van der Waals surface area contributed by atoms with Gasteiger partial charge in [-0.2, -0.15) is 0 Å². The van der Waals surface area contributed by atoms with E-state index in [0.29, 0.717) is 32.6 Å². The molecule has 0 spiro atoms. The number of carbonyl (C=O) groups excluding carboxylic acids is 1. The second-order valence-electron chi connectivity index (χ2n) is 4.77. The number of hydrogen-bond donors (Lipinski definition) is 2. The van der Waals surface area contributed by atoms with Gasteiger partial charge in [0.15, 0.2) is 0 Å². The molecule has 1 heterocycles. The van der Waals surface area contributed by atoms with Crippen molar-refractivity contribution in [2.45, 2.75) is 25.8 Å². The third-order valence-corrected chi connectivity index (χ3v) is 3.03. The number of aliphatic carboxylic acids is 1. The molecule has 1 rings (SSSR count). The largest absolute Gasteiger partial charge is 0.480 e. The summed E-state index contributed by atoms with van der Waals surface area (Å²) in [7, 11) is 0. The van der Waals surface area contributed by atoms with E-state index in [-0.39, 0.29) is 18.6 Å². The molecule has 19 heavy (non-hydrogen) atoms. The van der Waals surface area contributed by atoms with Crippen molar-refractivity contribution in [2.24, 2.45) is 0 Å². The van der Waals surface area contributed by atoms with Crippen LogP contribution in [0.15, 0.2) is 0 Å². The van der Waals surface area contributed by atoms with Crippen LogP contribution in [0.4, 0.5) is 4.79 Å². The summed E-state index contributed by atoms with van der Waals surface area (Å²) in [4.78, 5) is 26.2. The normalized spacial score (nSPS) is 18.2. The van der Waals surface area contributed by atoms with Crippen molar-refractivity contribution >= 4 is 12.0 Å². The molecule has 1 saturated heterocycles. The van der Waals surface area contributed by atoms with Crippen molar-refractivity contribution in [2.75, 3.05) is 32.7 Å². The summed E-state index contributed by atoms with van der Waals surface area (Å²) in [6.45, 7) is 4.38. The average molecular weight is 267 g/mol. The van der Waals surface area contributed by atoms with Gasteiger partial charge >= 0.3 is 12.0 Å².